The van der Waals surface area contributed by atoms with Gasteiger partial charge in [-0.25, -0.2) is 4.98 Å². The molecule has 72 valence electrons. The molecule has 13 heavy (non-hydrogen) atoms. The lowest BCUT2D eigenvalue weighted by atomic mass is 10.3. The minimum atomic E-state index is 0.581. The Morgan fingerprint density at radius 1 is 1.69 bits per heavy atom. The number of aryl methyl sites for hydroxylation is 1. The van der Waals surface area contributed by atoms with Gasteiger partial charge in [-0.05, 0) is 19.4 Å². The average Bonchev–Trinajstić information content (AvgIpc) is 2.54. The SMILES string of the molecule is CCCn1cncc1C=C(C)CCl. The van der Waals surface area contributed by atoms with Crippen LogP contribution in [0.25, 0.3) is 6.08 Å². The number of allylic oxidation sites excluding steroid dienone is 1. The van der Waals surface area contributed by atoms with E-state index >= 15 is 0 Å². The second-order valence-electron chi connectivity index (χ2n) is 3.14. The Morgan fingerprint density at radius 3 is 3.08 bits per heavy atom. The van der Waals surface area contributed by atoms with Crippen molar-refractivity contribution in [2.45, 2.75) is 26.8 Å². The van der Waals surface area contributed by atoms with Crippen molar-refractivity contribution >= 4 is 17.7 Å². The van der Waals surface area contributed by atoms with Crippen LogP contribution in [0.3, 0.4) is 0 Å². The lowest BCUT2D eigenvalue weighted by Crippen LogP contribution is -1.97. The molecule has 0 aliphatic carbocycles. The van der Waals surface area contributed by atoms with Gasteiger partial charge >= 0.3 is 0 Å². The molecule has 0 bridgehead atoms. The zero-order valence-electron chi connectivity index (χ0n) is 8.13. The van der Waals surface area contributed by atoms with E-state index in [1.54, 1.807) is 0 Å². The number of nitrogens with zero attached hydrogens (tertiary/aromatic N) is 2. The van der Waals surface area contributed by atoms with Crippen LogP contribution < -0.4 is 0 Å². The first-order valence-electron chi connectivity index (χ1n) is 4.51. The summed E-state index contributed by atoms with van der Waals surface area (Å²) in [7, 11) is 0. The van der Waals surface area contributed by atoms with Gasteiger partial charge in [-0.15, -0.1) is 11.6 Å². The van der Waals surface area contributed by atoms with E-state index in [4.69, 9.17) is 11.6 Å². The first-order chi connectivity index (χ1) is 6.27. The van der Waals surface area contributed by atoms with Crippen LogP contribution in [0.1, 0.15) is 26.0 Å². The van der Waals surface area contributed by atoms with E-state index in [0.717, 1.165) is 18.7 Å². The molecule has 0 N–H and O–H groups in total. The summed E-state index contributed by atoms with van der Waals surface area (Å²) >= 11 is 5.70. The molecule has 1 rings (SSSR count). The van der Waals surface area contributed by atoms with Crippen molar-refractivity contribution in [3.05, 3.63) is 23.8 Å². The fraction of sp³-hybridized carbons (Fsp3) is 0.500. The van der Waals surface area contributed by atoms with Crippen LogP contribution in [0.5, 0.6) is 0 Å². The first-order valence-corrected chi connectivity index (χ1v) is 5.04. The minimum Gasteiger partial charge on any atom is -0.331 e. The smallest absolute Gasteiger partial charge is 0.0950 e. The van der Waals surface area contributed by atoms with E-state index in [-0.39, 0.29) is 0 Å². The van der Waals surface area contributed by atoms with Gasteiger partial charge in [-0.1, -0.05) is 12.5 Å². The Hall–Kier alpha value is -0.760. The van der Waals surface area contributed by atoms with Gasteiger partial charge in [-0.2, -0.15) is 0 Å². The van der Waals surface area contributed by atoms with Crippen molar-refractivity contribution < 1.29 is 0 Å². The van der Waals surface area contributed by atoms with Crippen molar-refractivity contribution in [3.63, 3.8) is 0 Å². The number of hydrogen-bond donors (Lipinski definition) is 0. The highest BCUT2D eigenvalue weighted by Gasteiger charge is 1.97. The molecule has 2 nitrogen and oxygen atoms in total. The Kier molecular flexibility index (Phi) is 4.03. The number of alkyl halides is 1. The Labute approximate surface area is 84.2 Å². The molecule has 0 radical (unpaired) electrons. The average molecular weight is 199 g/mol. The Balaban J connectivity index is 2.81. The molecule has 1 aromatic rings. The summed E-state index contributed by atoms with van der Waals surface area (Å²) in [4.78, 5) is 4.10. The topological polar surface area (TPSA) is 17.8 Å². The van der Waals surface area contributed by atoms with Crippen LogP contribution in [-0.4, -0.2) is 15.4 Å². The maximum Gasteiger partial charge on any atom is 0.0950 e. The predicted molar refractivity (Wildman–Crippen MR) is 56.9 cm³/mol. The molecule has 0 unspecified atom stereocenters. The molecule has 0 amide bonds. The normalized spacial score (nSPS) is 12.1. The standard InChI is InChI=1S/C10H15ClN2/c1-3-4-13-8-12-7-10(13)5-9(2)6-11/h5,7-8H,3-4,6H2,1-2H3. The lowest BCUT2D eigenvalue weighted by Gasteiger charge is -2.02. The lowest BCUT2D eigenvalue weighted by molar-refractivity contribution is 0.673. The monoisotopic (exact) mass is 198 g/mol. The van der Waals surface area contributed by atoms with E-state index in [2.05, 4.69) is 22.6 Å². The first kappa shape index (κ1) is 10.3. The third-order valence-electron chi connectivity index (χ3n) is 1.81. The third-order valence-corrected chi connectivity index (χ3v) is 2.24. The zero-order valence-corrected chi connectivity index (χ0v) is 8.88. The summed E-state index contributed by atoms with van der Waals surface area (Å²) < 4.78 is 2.13. The van der Waals surface area contributed by atoms with Gasteiger partial charge in [0.05, 0.1) is 18.2 Å². The molecular weight excluding hydrogens is 184 g/mol. The number of halogens is 1. The summed E-state index contributed by atoms with van der Waals surface area (Å²) in [5.41, 5.74) is 2.31. The molecule has 3 heteroatoms. The second-order valence-corrected chi connectivity index (χ2v) is 3.40. The fourth-order valence-corrected chi connectivity index (χ4v) is 1.25. The van der Waals surface area contributed by atoms with Crippen molar-refractivity contribution in [1.29, 1.82) is 0 Å². The van der Waals surface area contributed by atoms with Crippen LogP contribution in [0, 0.1) is 0 Å². The predicted octanol–water partition coefficient (Wildman–Crippen LogP) is 2.94. The number of imidazole rings is 1. The summed E-state index contributed by atoms with van der Waals surface area (Å²) in [6.07, 6.45) is 6.93. The van der Waals surface area contributed by atoms with E-state index in [1.807, 2.05) is 19.4 Å². The van der Waals surface area contributed by atoms with E-state index in [9.17, 15) is 0 Å². The Bertz CT molecular complexity index is 289. The van der Waals surface area contributed by atoms with Crippen molar-refractivity contribution in [2.75, 3.05) is 5.88 Å². The highest BCUT2D eigenvalue weighted by molar-refractivity contribution is 6.19. The van der Waals surface area contributed by atoms with Crippen LogP contribution in [0.4, 0.5) is 0 Å². The van der Waals surface area contributed by atoms with E-state index < -0.39 is 0 Å². The number of aromatic nitrogens is 2. The van der Waals surface area contributed by atoms with Crippen molar-refractivity contribution in [3.8, 4) is 0 Å². The van der Waals surface area contributed by atoms with E-state index in [0.29, 0.717) is 5.88 Å². The Morgan fingerprint density at radius 2 is 2.46 bits per heavy atom. The van der Waals surface area contributed by atoms with Gasteiger partial charge in [0.1, 0.15) is 0 Å². The summed E-state index contributed by atoms with van der Waals surface area (Å²) in [5, 5.41) is 0. The summed E-state index contributed by atoms with van der Waals surface area (Å²) in [6.45, 7) is 5.19. The quantitative estimate of drug-likeness (QED) is 0.681. The molecule has 0 saturated heterocycles. The van der Waals surface area contributed by atoms with Gasteiger partial charge in [-0.3, -0.25) is 0 Å². The molecule has 0 fully saturated rings. The second kappa shape index (κ2) is 5.07. The van der Waals surface area contributed by atoms with Crippen LogP contribution in [0.15, 0.2) is 18.1 Å². The van der Waals surface area contributed by atoms with Crippen LogP contribution in [-0.2, 0) is 6.54 Å². The highest BCUT2D eigenvalue weighted by Crippen LogP contribution is 2.08. The molecule has 0 aliphatic rings. The zero-order chi connectivity index (χ0) is 9.68. The molecular formula is C10H15ClN2. The van der Waals surface area contributed by atoms with Gasteiger partial charge < -0.3 is 4.57 Å². The molecule has 0 aromatic carbocycles. The fourth-order valence-electron chi connectivity index (χ4n) is 1.17. The molecule has 1 heterocycles. The van der Waals surface area contributed by atoms with Crippen LogP contribution in [0.2, 0.25) is 0 Å². The van der Waals surface area contributed by atoms with Gasteiger partial charge in [0.25, 0.3) is 0 Å². The largest absolute Gasteiger partial charge is 0.331 e. The molecule has 0 spiro atoms. The maximum atomic E-state index is 5.70. The highest BCUT2D eigenvalue weighted by atomic mass is 35.5. The van der Waals surface area contributed by atoms with Gasteiger partial charge in [0.15, 0.2) is 0 Å². The van der Waals surface area contributed by atoms with E-state index in [1.165, 1.54) is 5.57 Å². The van der Waals surface area contributed by atoms with Crippen LogP contribution >= 0.6 is 11.6 Å². The summed E-state index contributed by atoms with van der Waals surface area (Å²) in [6, 6.07) is 0. The number of hydrogen-bond acceptors (Lipinski definition) is 1. The van der Waals surface area contributed by atoms with Crippen molar-refractivity contribution in [2.24, 2.45) is 0 Å². The molecule has 0 saturated carbocycles. The minimum absolute atomic E-state index is 0.581. The van der Waals surface area contributed by atoms with Gasteiger partial charge in [0, 0.05) is 12.4 Å². The molecule has 1 aromatic heterocycles. The molecule has 0 atom stereocenters. The van der Waals surface area contributed by atoms with Crippen molar-refractivity contribution in [1.82, 2.24) is 9.55 Å². The van der Waals surface area contributed by atoms with Gasteiger partial charge in [0.2, 0.25) is 0 Å². The maximum absolute atomic E-state index is 5.70. The summed E-state index contributed by atoms with van der Waals surface area (Å²) in [5.74, 6) is 0.581. The number of rotatable bonds is 4. The third kappa shape index (κ3) is 2.88. The molecule has 0 aliphatic heterocycles.